The van der Waals surface area contributed by atoms with Crippen molar-refractivity contribution in [3.05, 3.63) is 47.3 Å². The Balaban J connectivity index is 1.86. The van der Waals surface area contributed by atoms with Crippen molar-refractivity contribution in [1.29, 1.82) is 0 Å². The van der Waals surface area contributed by atoms with Crippen LogP contribution in [-0.2, 0) is 13.5 Å². The molecule has 0 fully saturated rings. The van der Waals surface area contributed by atoms with Crippen molar-refractivity contribution in [3.8, 4) is 5.75 Å². The largest absolute Gasteiger partial charge is 0.493 e. The highest BCUT2D eigenvalue weighted by molar-refractivity contribution is 5.39. The third kappa shape index (κ3) is 2.81. The molecule has 0 bridgehead atoms. The zero-order valence-electron chi connectivity index (χ0n) is 13.0. The number of hydrogen-bond donors (Lipinski definition) is 1. The molecule has 2 aromatic rings. The van der Waals surface area contributed by atoms with Crippen LogP contribution in [0.4, 0.5) is 0 Å². The fourth-order valence-corrected chi connectivity index (χ4v) is 3.31. The van der Waals surface area contributed by atoms with Gasteiger partial charge in [-0.3, -0.25) is 4.68 Å². The number of hydrogen-bond acceptors (Lipinski definition) is 3. The highest BCUT2D eigenvalue weighted by atomic mass is 16.5. The van der Waals surface area contributed by atoms with E-state index in [4.69, 9.17) is 4.74 Å². The first-order valence-electron chi connectivity index (χ1n) is 7.57. The predicted molar refractivity (Wildman–Crippen MR) is 83.8 cm³/mol. The van der Waals surface area contributed by atoms with E-state index < -0.39 is 0 Å². The lowest BCUT2D eigenvalue weighted by Crippen LogP contribution is -2.37. The van der Waals surface area contributed by atoms with Crippen LogP contribution < -0.4 is 10.1 Å². The van der Waals surface area contributed by atoms with E-state index in [9.17, 15) is 0 Å². The van der Waals surface area contributed by atoms with E-state index >= 15 is 0 Å². The molecule has 4 heteroatoms. The average molecular weight is 285 g/mol. The molecule has 21 heavy (non-hydrogen) atoms. The van der Waals surface area contributed by atoms with Gasteiger partial charge < -0.3 is 10.1 Å². The Morgan fingerprint density at radius 1 is 1.43 bits per heavy atom. The van der Waals surface area contributed by atoms with Crippen molar-refractivity contribution >= 4 is 0 Å². The van der Waals surface area contributed by atoms with Crippen LogP contribution in [0.2, 0.25) is 0 Å². The summed E-state index contributed by atoms with van der Waals surface area (Å²) in [5.41, 5.74) is 3.67. The van der Waals surface area contributed by atoms with Crippen molar-refractivity contribution < 1.29 is 4.74 Å². The molecule has 1 aliphatic rings. The number of likely N-dealkylation sites (N-methyl/N-ethyl adjacent to an activating group) is 1. The van der Waals surface area contributed by atoms with Gasteiger partial charge >= 0.3 is 0 Å². The van der Waals surface area contributed by atoms with Gasteiger partial charge in [0.15, 0.2) is 0 Å². The molecule has 0 radical (unpaired) electrons. The summed E-state index contributed by atoms with van der Waals surface area (Å²) in [5.74, 6) is 1.52. The molecule has 0 aliphatic carbocycles. The van der Waals surface area contributed by atoms with E-state index in [1.165, 1.54) is 11.3 Å². The van der Waals surface area contributed by atoms with Gasteiger partial charge in [0.05, 0.1) is 12.3 Å². The third-order valence-electron chi connectivity index (χ3n) is 4.39. The summed E-state index contributed by atoms with van der Waals surface area (Å²) in [6.07, 6.45) is 2.03. The Bertz CT molecular complexity index is 620. The summed E-state index contributed by atoms with van der Waals surface area (Å²) >= 11 is 0. The second-order valence-electron chi connectivity index (χ2n) is 5.78. The number of nitrogens with one attached hydrogen (secondary N) is 1. The quantitative estimate of drug-likeness (QED) is 0.937. The Morgan fingerprint density at radius 3 is 2.95 bits per heavy atom. The number of benzene rings is 1. The number of aryl methyl sites for hydroxylation is 2. The maximum Gasteiger partial charge on any atom is 0.122 e. The van der Waals surface area contributed by atoms with E-state index in [2.05, 4.69) is 34.7 Å². The number of ether oxygens (including phenoxy) is 1. The molecule has 4 nitrogen and oxygen atoms in total. The van der Waals surface area contributed by atoms with E-state index in [-0.39, 0.29) is 0 Å². The van der Waals surface area contributed by atoms with Gasteiger partial charge in [-0.25, -0.2) is 0 Å². The minimum atomic E-state index is 0.393. The zero-order chi connectivity index (χ0) is 14.8. The summed E-state index contributed by atoms with van der Waals surface area (Å²) < 4.78 is 7.77. The molecular weight excluding hydrogens is 262 g/mol. The van der Waals surface area contributed by atoms with Gasteiger partial charge in [0, 0.05) is 31.1 Å². The van der Waals surface area contributed by atoms with E-state index in [0.717, 1.165) is 30.9 Å². The molecule has 0 saturated carbocycles. The van der Waals surface area contributed by atoms with E-state index in [1.54, 1.807) is 0 Å². The van der Waals surface area contributed by atoms with E-state index in [0.29, 0.717) is 12.0 Å². The van der Waals surface area contributed by atoms with Crippen LogP contribution in [0.3, 0.4) is 0 Å². The lowest BCUT2D eigenvalue weighted by molar-refractivity contribution is 0.246. The lowest BCUT2D eigenvalue weighted by atomic mass is 9.84. The Labute approximate surface area is 126 Å². The molecule has 1 N–H and O–H groups in total. The molecule has 2 heterocycles. The van der Waals surface area contributed by atoms with Gasteiger partial charge in [-0.15, -0.1) is 0 Å². The molecule has 1 aromatic heterocycles. The number of para-hydroxylation sites is 1. The zero-order valence-corrected chi connectivity index (χ0v) is 13.0. The van der Waals surface area contributed by atoms with E-state index in [1.807, 2.05) is 31.8 Å². The van der Waals surface area contributed by atoms with Crippen LogP contribution in [0.15, 0.2) is 30.3 Å². The van der Waals surface area contributed by atoms with Gasteiger partial charge in [0.25, 0.3) is 0 Å². The molecule has 1 aliphatic heterocycles. The molecular formula is C17H23N3O. The second kappa shape index (κ2) is 5.90. The van der Waals surface area contributed by atoms with Crippen LogP contribution in [0, 0.1) is 6.92 Å². The molecule has 3 rings (SSSR count). The lowest BCUT2D eigenvalue weighted by Gasteiger charge is -2.32. The number of fused-ring (bicyclic) bond motifs is 1. The summed E-state index contributed by atoms with van der Waals surface area (Å²) in [7, 11) is 4.07. The smallest absolute Gasteiger partial charge is 0.122 e. The molecule has 0 saturated heterocycles. The van der Waals surface area contributed by atoms with Crippen LogP contribution in [-0.4, -0.2) is 29.5 Å². The minimum Gasteiger partial charge on any atom is -0.493 e. The second-order valence-corrected chi connectivity index (χ2v) is 5.78. The molecule has 1 aromatic carbocycles. The predicted octanol–water partition coefficient (Wildman–Crippen LogP) is 2.43. The first-order chi connectivity index (χ1) is 10.2. The van der Waals surface area contributed by atoms with Gasteiger partial charge in [-0.2, -0.15) is 5.10 Å². The first-order valence-corrected chi connectivity index (χ1v) is 7.57. The normalized spacial score (nSPS) is 18.9. The van der Waals surface area contributed by atoms with Crippen molar-refractivity contribution in [1.82, 2.24) is 15.1 Å². The Kier molecular flexibility index (Phi) is 3.97. The van der Waals surface area contributed by atoms with Crippen molar-refractivity contribution in [2.24, 2.45) is 7.05 Å². The van der Waals surface area contributed by atoms with Gasteiger partial charge in [0.2, 0.25) is 0 Å². The monoisotopic (exact) mass is 285 g/mol. The molecule has 0 spiro atoms. The number of aromatic nitrogens is 2. The average Bonchev–Trinajstić information content (AvgIpc) is 2.82. The Hall–Kier alpha value is -1.81. The highest BCUT2D eigenvalue weighted by Gasteiger charge is 2.28. The topological polar surface area (TPSA) is 39.1 Å². The van der Waals surface area contributed by atoms with Crippen LogP contribution in [0.25, 0.3) is 0 Å². The SMILES string of the molecule is CNC(Cc1cc(C)nn1C)C1CCOc2ccccc21. The summed E-state index contributed by atoms with van der Waals surface area (Å²) in [4.78, 5) is 0. The highest BCUT2D eigenvalue weighted by Crippen LogP contribution is 2.36. The third-order valence-corrected chi connectivity index (χ3v) is 4.39. The van der Waals surface area contributed by atoms with Crippen molar-refractivity contribution in [3.63, 3.8) is 0 Å². The number of rotatable bonds is 4. The van der Waals surface area contributed by atoms with Crippen LogP contribution in [0.1, 0.15) is 29.3 Å². The summed E-state index contributed by atoms with van der Waals surface area (Å²) in [6, 6.07) is 11.0. The van der Waals surface area contributed by atoms with Gasteiger partial charge in [-0.1, -0.05) is 18.2 Å². The van der Waals surface area contributed by atoms with Crippen LogP contribution in [0.5, 0.6) is 5.75 Å². The summed E-state index contributed by atoms with van der Waals surface area (Å²) in [5, 5.41) is 7.95. The minimum absolute atomic E-state index is 0.393. The molecule has 2 atom stereocenters. The standard InChI is InChI=1S/C17H23N3O/c1-12-10-13(20(3)19-12)11-16(18-2)14-8-9-21-17-7-5-4-6-15(14)17/h4-7,10,14,16,18H,8-9,11H2,1-3H3. The summed E-state index contributed by atoms with van der Waals surface area (Å²) in [6.45, 7) is 2.84. The molecule has 0 amide bonds. The fraction of sp³-hybridized carbons (Fsp3) is 0.471. The molecule has 2 unspecified atom stereocenters. The van der Waals surface area contributed by atoms with Crippen molar-refractivity contribution in [2.75, 3.05) is 13.7 Å². The first kappa shape index (κ1) is 14.1. The maximum atomic E-state index is 5.78. The van der Waals surface area contributed by atoms with Gasteiger partial charge in [0.1, 0.15) is 5.75 Å². The van der Waals surface area contributed by atoms with Gasteiger partial charge in [-0.05, 0) is 38.1 Å². The molecule has 112 valence electrons. The Morgan fingerprint density at radius 2 is 2.24 bits per heavy atom. The van der Waals surface area contributed by atoms with Crippen LogP contribution >= 0.6 is 0 Å². The maximum absolute atomic E-state index is 5.78. The number of nitrogens with zero attached hydrogens (tertiary/aromatic N) is 2. The van der Waals surface area contributed by atoms with Crippen molar-refractivity contribution in [2.45, 2.75) is 31.7 Å². The fourth-order valence-electron chi connectivity index (χ4n) is 3.31.